The predicted molar refractivity (Wildman–Crippen MR) is 59.2 cm³/mol. The summed E-state index contributed by atoms with van der Waals surface area (Å²) in [5.41, 5.74) is 0. The first kappa shape index (κ1) is 13.5. The highest BCUT2D eigenvalue weighted by molar-refractivity contribution is 4.99. The summed E-state index contributed by atoms with van der Waals surface area (Å²) in [6.45, 7) is 8.38. The van der Waals surface area contributed by atoms with Crippen LogP contribution in [-0.4, -0.2) is 25.9 Å². The zero-order valence-electron chi connectivity index (χ0n) is 9.64. The summed E-state index contributed by atoms with van der Waals surface area (Å²) in [4.78, 5) is 0. The Balaban J connectivity index is 3.65. The Hall–Kier alpha value is -0.520. The van der Waals surface area contributed by atoms with Gasteiger partial charge < -0.3 is 9.47 Å². The average molecular weight is 198 g/mol. The van der Waals surface area contributed by atoms with Crippen LogP contribution in [0, 0.1) is 11.8 Å². The van der Waals surface area contributed by atoms with Crippen LogP contribution in [0.15, 0.2) is 0 Å². The second kappa shape index (κ2) is 10.6. The zero-order chi connectivity index (χ0) is 10.6. The molecule has 0 aromatic carbocycles. The minimum Gasteiger partial charge on any atom is -0.382 e. The summed E-state index contributed by atoms with van der Waals surface area (Å²) in [6.07, 6.45) is 2.93. The fraction of sp³-hybridized carbons (Fsp3) is 0.833. The number of hydrogen-bond acceptors (Lipinski definition) is 2. The lowest BCUT2D eigenvalue weighted by Gasteiger charge is -2.13. The SMILES string of the molecule is CCC#CCC(CCOCC)OCC. The lowest BCUT2D eigenvalue weighted by Crippen LogP contribution is -2.15. The lowest BCUT2D eigenvalue weighted by atomic mass is 10.2. The molecule has 2 heteroatoms. The van der Waals surface area contributed by atoms with Gasteiger partial charge in [-0.25, -0.2) is 0 Å². The second-order valence-electron chi connectivity index (χ2n) is 2.97. The van der Waals surface area contributed by atoms with E-state index in [0.29, 0.717) is 0 Å². The van der Waals surface area contributed by atoms with Gasteiger partial charge in [-0.05, 0) is 20.3 Å². The Morgan fingerprint density at radius 2 is 1.86 bits per heavy atom. The van der Waals surface area contributed by atoms with E-state index in [1.54, 1.807) is 0 Å². The fourth-order valence-electron chi connectivity index (χ4n) is 1.15. The molecule has 0 saturated heterocycles. The number of hydrogen-bond donors (Lipinski definition) is 0. The van der Waals surface area contributed by atoms with Crippen molar-refractivity contribution < 1.29 is 9.47 Å². The molecule has 2 nitrogen and oxygen atoms in total. The zero-order valence-corrected chi connectivity index (χ0v) is 9.64. The Bertz CT molecular complexity index is 167. The summed E-state index contributed by atoms with van der Waals surface area (Å²) < 4.78 is 10.8. The van der Waals surface area contributed by atoms with E-state index in [1.165, 1.54) is 0 Å². The molecule has 0 aliphatic carbocycles. The standard InChI is InChI=1S/C12H22O2/c1-4-7-8-9-12(14-6-3)10-11-13-5-2/h12H,4-6,9-11H2,1-3H3. The molecule has 0 aliphatic rings. The Morgan fingerprint density at radius 3 is 2.43 bits per heavy atom. The molecule has 14 heavy (non-hydrogen) atoms. The van der Waals surface area contributed by atoms with Gasteiger partial charge in [0.1, 0.15) is 0 Å². The van der Waals surface area contributed by atoms with Crippen molar-refractivity contribution in [1.29, 1.82) is 0 Å². The fourth-order valence-corrected chi connectivity index (χ4v) is 1.15. The van der Waals surface area contributed by atoms with Crippen LogP contribution in [0.2, 0.25) is 0 Å². The van der Waals surface area contributed by atoms with E-state index >= 15 is 0 Å². The van der Waals surface area contributed by atoms with Gasteiger partial charge in [-0.2, -0.15) is 0 Å². The van der Waals surface area contributed by atoms with Gasteiger partial charge in [-0.1, -0.05) is 6.92 Å². The molecule has 0 saturated carbocycles. The van der Waals surface area contributed by atoms with Crippen molar-refractivity contribution in [3.63, 3.8) is 0 Å². The first-order valence-corrected chi connectivity index (χ1v) is 5.50. The first-order chi connectivity index (χ1) is 6.85. The summed E-state index contributed by atoms with van der Waals surface area (Å²) in [7, 11) is 0. The van der Waals surface area contributed by atoms with E-state index in [2.05, 4.69) is 18.8 Å². The summed E-state index contributed by atoms with van der Waals surface area (Å²) >= 11 is 0. The Kier molecular flexibility index (Phi) is 10.2. The van der Waals surface area contributed by atoms with Gasteiger partial charge in [0.05, 0.1) is 6.10 Å². The van der Waals surface area contributed by atoms with Gasteiger partial charge in [0.25, 0.3) is 0 Å². The predicted octanol–water partition coefficient (Wildman–Crippen LogP) is 2.62. The molecular weight excluding hydrogens is 176 g/mol. The molecule has 0 N–H and O–H groups in total. The molecule has 0 radical (unpaired) electrons. The van der Waals surface area contributed by atoms with Crippen LogP contribution in [0.1, 0.15) is 40.0 Å². The molecule has 0 aromatic heterocycles. The molecule has 82 valence electrons. The van der Waals surface area contributed by atoms with E-state index in [9.17, 15) is 0 Å². The lowest BCUT2D eigenvalue weighted by molar-refractivity contribution is 0.0329. The molecule has 0 heterocycles. The quantitative estimate of drug-likeness (QED) is 0.462. The average Bonchev–Trinajstić information content (AvgIpc) is 2.18. The summed E-state index contributed by atoms with van der Waals surface area (Å²) in [5, 5.41) is 0. The molecule has 1 atom stereocenters. The van der Waals surface area contributed by atoms with Crippen molar-refractivity contribution in [2.75, 3.05) is 19.8 Å². The third-order valence-corrected chi connectivity index (χ3v) is 1.82. The topological polar surface area (TPSA) is 18.5 Å². The van der Waals surface area contributed by atoms with Crippen LogP contribution in [0.25, 0.3) is 0 Å². The minimum absolute atomic E-state index is 0.241. The Morgan fingerprint density at radius 1 is 1.07 bits per heavy atom. The molecular formula is C12H22O2. The van der Waals surface area contributed by atoms with Crippen molar-refractivity contribution >= 4 is 0 Å². The molecule has 0 amide bonds. The molecule has 0 spiro atoms. The van der Waals surface area contributed by atoms with Crippen molar-refractivity contribution in [3.8, 4) is 11.8 Å². The van der Waals surface area contributed by atoms with Crippen molar-refractivity contribution in [2.24, 2.45) is 0 Å². The molecule has 1 unspecified atom stereocenters. The molecule has 0 aromatic rings. The maximum absolute atomic E-state index is 5.55. The van der Waals surface area contributed by atoms with Crippen LogP contribution in [0.5, 0.6) is 0 Å². The highest BCUT2D eigenvalue weighted by Gasteiger charge is 2.05. The smallest absolute Gasteiger partial charge is 0.0706 e. The summed E-state index contributed by atoms with van der Waals surface area (Å²) in [5.74, 6) is 6.17. The van der Waals surface area contributed by atoms with Crippen LogP contribution >= 0.6 is 0 Å². The number of rotatable bonds is 7. The van der Waals surface area contributed by atoms with Crippen LogP contribution in [0.3, 0.4) is 0 Å². The van der Waals surface area contributed by atoms with E-state index in [-0.39, 0.29) is 6.10 Å². The first-order valence-electron chi connectivity index (χ1n) is 5.50. The molecule has 0 fully saturated rings. The van der Waals surface area contributed by atoms with Crippen molar-refractivity contribution in [2.45, 2.75) is 46.1 Å². The highest BCUT2D eigenvalue weighted by Crippen LogP contribution is 2.03. The maximum Gasteiger partial charge on any atom is 0.0706 e. The van der Waals surface area contributed by atoms with Gasteiger partial charge >= 0.3 is 0 Å². The van der Waals surface area contributed by atoms with E-state index in [1.807, 2.05) is 13.8 Å². The molecule has 0 rings (SSSR count). The van der Waals surface area contributed by atoms with Gasteiger partial charge in [0.2, 0.25) is 0 Å². The van der Waals surface area contributed by atoms with Gasteiger partial charge in [0.15, 0.2) is 0 Å². The van der Waals surface area contributed by atoms with Gasteiger partial charge in [0, 0.05) is 32.7 Å². The van der Waals surface area contributed by atoms with Crippen LogP contribution in [0.4, 0.5) is 0 Å². The third kappa shape index (κ3) is 8.10. The second-order valence-corrected chi connectivity index (χ2v) is 2.97. The molecule has 0 bridgehead atoms. The highest BCUT2D eigenvalue weighted by atomic mass is 16.5. The Labute approximate surface area is 88.0 Å². The van der Waals surface area contributed by atoms with E-state index in [0.717, 1.165) is 39.1 Å². The summed E-state index contributed by atoms with van der Waals surface area (Å²) in [6, 6.07) is 0. The monoisotopic (exact) mass is 198 g/mol. The minimum atomic E-state index is 0.241. The molecule has 0 aliphatic heterocycles. The van der Waals surface area contributed by atoms with E-state index < -0.39 is 0 Å². The number of ether oxygens (including phenoxy) is 2. The van der Waals surface area contributed by atoms with Gasteiger partial charge in [-0.15, -0.1) is 11.8 Å². The van der Waals surface area contributed by atoms with Crippen molar-refractivity contribution in [3.05, 3.63) is 0 Å². The van der Waals surface area contributed by atoms with Gasteiger partial charge in [-0.3, -0.25) is 0 Å². The maximum atomic E-state index is 5.55. The largest absolute Gasteiger partial charge is 0.382 e. The van der Waals surface area contributed by atoms with Crippen LogP contribution < -0.4 is 0 Å². The third-order valence-electron chi connectivity index (χ3n) is 1.82. The normalized spacial score (nSPS) is 11.9. The van der Waals surface area contributed by atoms with Crippen LogP contribution in [-0.2, 0) is 9.47 Å². The van der Waals surface area contributed by atoms with E-state index in [4.69, 9.17) is 9.47 Å². The van der Waals surface area contributed by atoms with Crippen molar-refractivity contribution in [1.82, 2.24) is 0 Å².